The van der Waals surface area contributed by atoms with Gasteiger partial charge >= 0.3 is 6.18 Å². The fraction of sp³-hybridized carbons (Fsp3) is 0.567. The lowest BCUT2D eigenvalue weighted by Gasteiger charge is -2.34. The lowest BCUT2D eigenvalue weighted by atomic mass is 9.84. The number of ether oxygens (including phenoxy) is 1. The van der Waals surface area contributed by atoms with E-state index < -0.39 is 11.7 Å². The molecule has 208 valence electrons. The maximum absolute atomic E-state index is 13.1. The Kier molecular flexibility index (Phi) is 8.60. The molecule has 0 spiro atoms. The van der Waals surface area contributed by atoms with Gasteiger partial charge in [0.2, 0.25) is 5.91 Å². The summed E-state index contributed by atoms with van der Waals surface area (Å²) in [4.78, 5) is 17.1. The Morgan fingerprint density at radius 1 is 0.947 bits per heavy atom. The number of carbonyl (C=O) groups is 1. The van der Waals surface area contributed by atoms with Crippen LogP contribution in [0, 0.1) is 0 Å². The molecule has 2 saturated heterocycles. The Bertz CT molecular complexity index is 1080. The van der Waals surface area contributed by atoms with E-state index in [1.54, 1.807) is 0 Å². The summed E-state index contributed by atoms with van der Waals surface area (Å²) in [5.74, 6) is 0.864. The van der Waals surface area contributed by atoms with Gasteiger partial charge in [-0.2, -0.15) is 13.2 Å². The number of nitrogens with two attached hydrogens (primary N) is 1. The lowest BCUT2D eigenvalue weighted by molar-refractivity contribution is -0.137. The van der Waals surface area contributed by atoms with Crippen LogP contribution in [0.5, 0.6) is 5.75 Å². The first kappa shape index (κ1) is 28.3. The van der Waals surface area contributed by atoms with Crippen molar-refractivity contribution in [1.29, 1.82) is 0 Å². The smallest absolute Gasteiger partial charge is 0.418 e. The van der Waals surface area contributed by atoms with E-state index in [1.165, 1.54) is 23.3 Å². The lowest BCUT2D eigenvalue weighted by Crippen LogP contribution is -2.43. The number of likely N-dealkylation sites (tertiary alicyclic amines) is 2. The highest BCUT2D eigenvalue weighted by molar-refractivity contribution is 5.76. The molecule has 5 nitrogen and oxygen atoms in total. The molecule has 8 heteroatoms. The average molecular weight is 532 g/mol. The van der Waals surface area contributed by atoms with E-state index in [-0.39, 0.29) is 28.9 Å². The predicted octanol–water partition coefficient (Wildman–Crippen LogP) is 6.22. The molecule has 2 aliphatic heterocycles. The van der Waals surface area contributed by atoms with Gasteiger partial charge in [-0.25, -0.2) is 0 Å². The van der Waals surface area contributed by atoms with Gasteiger partial charge in [-0.15, -0.1) is 0 Å². The van der Waals surface area contributed by atoms with Crippen molar-refractivity contribution in [3.63, 3.8) is 0 Å². The number of piperidine rings is 2. The second kappa shape index (κ2) is 11.6. The third kappa shape index (κ3) is 7.22. The Balaban J connectivity index is 1.17. The van der Waals surface area contributed by atoms with Gasteiger partial charge in [0.05, 0.1) is 5.56 Å². The van der Waals surface area contributed by atoms with E-state index in [1.807, 2.05) is 4.90 Å². The van der Waals surface area contributed by atoms with Crippen molar-refractivity contribution >= 4 is 11.6 Å². The van der Waals surface area contributed by atoms with Crippen molar-refractivity contribution in [2.24, 2.45) is 0 Å². The van der Waals surface area contributed by atoms with Crippen molar-refractivity contribution in [2.45, 2.75) is 76.5 Å². The molecule has 2 aromatic carbocycles. The highest BCUT2D eigenvalue weighted by atomic mass is 19.4. The van der Waals surface area contributed by atoms with Crippen molar-refractivity contribution in [1.82, 2.24) is 9.80 Å². The first-order valence-electron chi connectivity index (χ1n) is 13.6. The zero-order chi connectivity index (χ0) is 27.5. The van der Waals surface area contributed by atoms with Crippen LogP contribution in [-0.4, -0.2) is 54.5 Å². The molecule has 1 amide bonds. The number of alkyl halides is 3. The third-order valence-corrected chi connectivity index (χ3v) is 7.91. The molecule has 0 atom stereocenters. The summed E-state index contributed by atoms with van der Waals surface area (Å²) in [7, 11) is 0. The Morgan fingerprint density at radius 2 is 1.58 bits per heavy atom. The van der Waals surface area contributed by atoms with Gasteiger partial charge < -0.3 is 20.3 Å². The maximum atomic E-state index is 13.1. The number of rotatable bonds is 6. The number of hydrogen-bond donors (Lipinski definition) is 1. The molecule has 0 aliphatic carbocycles. The van der Waals surface area contributed by atoms with E-state index >= 15 is 0 Å². The molecule has 0 aromatic heterocycles. The molecule has 2 aliphatic rings. The van der Waals surface area contributed by atoms with E-state index in [4.69, 9.17) is 10.5 Å². The highest BCUT2D eigenvalue weighted by Crippen LogP contribution is 2.36. The number of anilines is 1. The van der Waals surface area contributed by atoms with Crippen LogP contribution in [0.3, 0.4) is 0 Å². The van der Waals surface area contributed by atoms with Crippen LogP contribution in [0.15, 0.2) is 42.5 Å². The first-order valence-corrected chi connectivity index (χ1v) is 13.6. The monoisotopic (exact) mass is 531 g/mol. The van der Waals surface area contributed by atoms with Gasteiger partial charge in [-0.05, 0) is 66.6 Å². The number of carbonyl (C=O) groups excluding carboxylic acids is 1. The average Bonchev–Trinajstić information content (AvgIpc) is 2.88. The Morgan fingerprint density at radius 3 is 2.16 bits per heavy atom. The molecule has 38 heavy (non-hydrogen) atoms. The highest BCUT2D eigenvalue weighted by Gasteiger charge is 2.34. The molecule has 0 saturated carbocycles. The van der Waals surface area contributed by atoms with Crippen molar-refractivity contribution in [3.05, 3.63) is 59.2 Å². The van der Waals surface area contributed by atoms with Crippen LogP contribution in [0.1, 0.15) is 75.5 Å². The van der Waals surface area contributed by atoms with Gasteiger partial charge in [-0.1, -0.05) is 45.0 Å². The minimum Gasteiger partial charge on any atom is -0.490 e. The standard InChI is InChI=1S/C30H40F3N3O2/c1-29(2,3)23-6-4-21(5-7-23)22-10-15-35(16-11-22)17-14-28(37)36-18-12-24(13-19-36)38-25-8-9-27(34)26(20-25)30(31,32)33/h4-9,20,22,24H,10-19,34H2,1-3H3. The summed E-state index contributed by atoms with van der Waals surface area (Å²) < 4.78 is 45.1. The van der Waals surface area contributed by atoms with Gasteiger partial charge in [0.15, 0.2) is 0 Å². The SMILES string of the molecule is CC(C)(C)c1ccc(C2CCN(CCC(=O)N3CCC(Oc4ccc(N)c(C(F)(F)F)c4)CC3)CC2)cc1. The van der Waals surface area contributed by atoms with Crippen molar-refractivity contribution in [3.8, 4) is 5.75 Å². The van der Waals surface area contributed by atoms with Crippen LogP contribution in [0.25, 0.3) is 0 Å². The predicted molar refractivity (Wildman–Crippen MR) is 144 cm³/mol. The summed E-state index contributed by atoms with van der Waals surface area (Å²) in [5, 5.41) is 0. The molecular formula is C30H40F3N3O2. The molecule has 4 rings (SSSR count). The summed E-state index contributed by atoms with van der Waals surface area (Å²) in [6.45, 7) is 10.6. The summed E-state index contributed by atoms with van der Waals surface area (Å²) in [5.41, 5.74) is 7.20. The minimum atomic E-state index is -4.52. The van der Waals surface area contributed by atoms with Gasteiger partial charge in [0.25, 0.3) is 0 Å². The summed E-state index contributed by atoms with van der Waals surface area (Å²) in [6.07, 6.45) is -0.858. The van der Waals surface area contributed by atoms with Crippen LogP contribution >= 0.6 is 0 Å². The summed E-state index contributed by atoms with van der Waals surface area (Å²) >= 11 is 0. The van der Waals surface area contributed by atoms with E-state index in [9.17, 15) is 18.0 Å². The van der Waals surface area contributed by atoms with Gasteiger partial charge in [0, 0.05) is 44.6 Å². The van der Waals surface area contributed by atoms with Crippen LogP contribution in [0.2, 0.25) is 0 Å². The number of halogens is 3. The topological polar surface area (TPSA) is 58.8 Å². The molecule has 2 fully saturated rings. The van der Waals surface area contributed by atoms with Crippen molar-refractivity contribution < 1.29 is 22.7 Å². The molecule has 0 bridgehead atoms. The van der Waals surface area contributed by atoms with E-state index in [2.05, 4.69) is 49.9 Å². The number of hydrogen-bond acceptors (Lipinski definition) is 4. The first-order chi connectivity index (χ1) is 17.9. The van der Waals surface area contributed by atoms with Gasteiger partial charge in [0.1, 0.15) is 11.9 Å². The molecule has 2 aromatic rings. The summed E-state index contributed by atoms with van der Waals surface area (Å²) in [6, 6.07) is 12.7. The molecule has 2 heterocycles. The van der Waals surface area contributed by atoms with E-state index in [0.29, 0.717) is 38.3 Å². The molecule has 0 unspecified atom stereocenters. The second-order valence-electron chi connectivity index (χ2n) is 11.7. The molecule has 2 N–H and O–H groups in total. The van der Waals surface area contributed by atoms with Crippen molar-refractivity contribution in [2.75, 3.05) is 38.5 Å². The van der Waals surface area contributed by atoms with Gasteiger partial charge in [-0.3, -0.25) is 4.79 Å². The largest absolute Gasteiger partial charge is 0.490 e. The van der Waals surface area contributed by atoms with Crippen LogP contribution < -0.4 is 10.5 Å². The Labute approximate surface area is 224 Å². The Hall–Kier alpha value is -2.74. The normalized spacial score (nSPS) is 18.5. The fourth-order valence-electron chi connectivity index (χ4n) is 5.43. The van der Waals surface area contributed by atoms with E-state index in [0.717, 1.165) is 38.5 Å². The zero-order valence-corrected chi connectivity index (χ0v) is 22.7. The third-order valence-electron chi connectivity index (χ3n) is 7.91. The number of nitrogens with zero attached hydrogens (tertiary/aromatic N) is 2. The second-order valence-corrected chi connectivity index (χ2v) is 11.7. The number of nitrogen functional groups attached to an aromatic ring is 1. The number of amides is 1. The quantitative estimate of drug-likeness (QED) is 0.450. The number of benzene rings is 2. The zero-order valence-electron chi connectivity index (χ0n) is 22.7. The van der Waals surface area contributed by atoms with Crippen LogP contribution in [-0.2, 0) is 16.4 Å². The fourth-order valence-corrected chi connectivity index (χ4v) is 5.43. The molecular weight excluding hydrogens is 491 g/mol. The minimum absolute atomic E-state index is 0.134. The molecule has 0 radical (unpaired) electrons. The maximum Gasteiger partial charge on any atom is 0.418 e. The van der Waals surface area contributed by atoms with Crippen LogP contribution in [0.4, 0.5) is 18.9 Å².